The molecule has 0 aromatic carbocycles. The highest BCUT2D eigenvalue weighted by Crippen LogP contribution is 2.14. The number of ketones is 1. The smallest absolute Gasteiger partial charge is 0.317 e. The minimum atomic E-state index is -1.19. The van der Waals surface area contributed by atoms with Crippen LogP contribution in [0.4, 0.5) is 0 Å². The Balaban J connectivity index is 3.72. The molecule has 6 heteroatoms. The molecule has 0 fully saturated rings. The minimum absolute atomic E-state index is 0.0732. The maximum atomic E-state index is 12.4. The lowest BCUT2D eigenvalue weighted by Gasteiger charge is -2.27. The van der Waals surface area contributed by atoms with E-state index in [4.69, 9.17) is 10.8 Å². The lowest BCUT2D eigenvalue weighted by Crippen LogP contribution is -2.56. The second-order valence-corrected chi connectivity index (χ2v) is 8.38. The molecule has 1 unspecified atom stereocenters. The van der Waals surface area contributed by atoms with Crippen molar-refractivity contribution in [3.05, 3.63) is 12.2 Å². The summed E-state index contributed by atoms with van der Waals surface area (Å²) in [5, 5.41) is 20.6. The van der Waals surface area contributed by atoms with Crippen LogP contribution in [0.5, 0.6) is 0 Å². The van der Waals surface area contributed by atoms with Gasteiger partial charge in [0.25, 0.3) is 0 Å². The van der Waals surface area contributed by atoms with Crippen molar-refractivity contribution in [2.45, 2.75) is 109 Å². The summed E-state index contributed by atoms with van der Waals surface area (Å²) in [6.07, 6.45) is 20.8. The molecule has 0 saturated heterocycles. The summed E-state index contributed by atoms with van der Waals surface area (Å²) in [4.78, 5) is 23.0. The summed E-state index contributed by atoms with van der Waals surface area (Å²) in [5.41, 5.74) is 4.94. The number of nitrogens with one attached hydrogen (secondary N) is 1. The van der Waals surface area contributed by atoms with Crippen LogP contribution < -0.4 is 11.1 Å². The molecule has 0 saturated carbocycles. The molecule has 0 aliphatic carbocycles. The van der Waals surface area contributed by atoms with Gasteiger partial charge in [-0.25, -0.2) is 0 Å². The van der Waals surface area contributed by atoms with Crippen LogP contribution in [0.2, 0.25) is 0 Å². The predicted molar refractivity (Wildman–Crippen MR) is 124 cm³/mol. The van der Waals surface area contributed by atoms with Crippen LogP contribution >= 0.6 is 0 Å². The SMILES string of the molecule is CCCCCCCCC=CCCCCCCCC(=O)C(N)(CCO)CNCC(=O)O. The molecule has 0 spiro atoms. The Morgan fingerprint density at radius 2 is 1.43 bits per heavy atom. The van der Waals surface area contributed by atoms with Crippen LogP contribution in [-0.4, -0.2) is 47.2 Å². The van der Waals surface area contributed by atoms with Gasteiger partial charge in [0.05, 0.1) is 12.1 Å². The number of hydrogen-bond donors (Lipinski definition) is 4. The van der Waals surface area contributed by atoms with Gasteiger partial charge in [-0.2, -0.15) is 0 Å². The first-order valence-corrected chi connectivity index (χ1v) is 12.0. The molecule has 0 aliphatic heterocycles. The molecule has 0 aliphatic rings. The Labute approximate surface area is 183 Å². The third-order valence-corrected chi connectivity index (χ3v) is 5.50. The van der Waals surface area contributed by atoms with Crippen molar-refractivity contribution in [1.82, 2.24) is 5.32 Å². The third kappa shape index (κ3) is 16.5. The average Bonchev–Trinajstić information content (AvgIpc) is 2.70. The zero-order valence-corrected chi connectivity index (χ0v) is 19.2. The second kappa shape index (κ2) is 19.7. The Hall–Kier alpha value is -1.24. The molecule has 0 rings (SSSR count). The molecule has 0 amide bonds. The minimum Gasteiger partial charge on any atom is -0.480 e. The number of aliphatic carboxylic acids is 1. The Morgan fingerprint density at radius 1 is 0.900 bits per heavy atom. The van der Waals surface area contributed by atoms with Gasteiger partial charge in [-0.3, -0.25) is 9.59 Å². The van der Waals surface area contributed by atoms with Gasteiger partial charge in [-0.1, -0.05) is 70.4 Å². The number of allylic oxidation sites excluding steroid dienone is 2. The summed E-state index contributed by atoms with van der Waals surface area (Å²) in [6, 6.07) is 0. The largest absolute Gasteiger partial charge is 0.480 e. The van der Waals surface area contributed by atoms with E-state index >= 15 is 0 Å². The van der Waals surface area contributed by atoms with E-state index in [2.05, 4.69) is 24.4 Å². The van der Waals surface area contributed by atoms with Gasteiger partial charge in [0.1, 0.15) is 0 Å². The zero-order valence-electron chi connectivity index (χ0n) is 19.2. The first kappa shape index (κ1) is 28.8. The van der Waals surface area contributed by atoms with Crippen molar-refractivity contribution in [3.8, 4) is 0 Å². The van der Waals surface area contributed by atoms with Gasteiger partial charge in [0.2, 0.25) is 0 Å². The summed E-state index contributed by atoms with van der Waals surface area (Å²) >= 11 is 0. The number of aliphatic hydroxyl groups excluding tert-OH is 1. The quantitative estimate of drug-likeness (QED) is 0.151. The lowest BCUT2D eigenvalue weighted by atomic mass is 9.88. The predicted octanol–water partition coefficient (Wildman–Crippen LogP) is 4.35. The fourth-order valence-electron chi connectivity index (χ4n) is 3.52. The lowest BCUT2D eigenvalue weighted by molar-refractivity contribution is -0.136. The Bertz CT molecular complexity index is 468. The number of carbonyl (C=O) groups excluding carboxylic acids is 1. The van der Waals surface area contributed by atoms with Crippen molar-refractivity contribution in [2.24, 2.45) is 5.73 Å². The summed E-state index contributed by atoms with van der Waals surface area (Å²) < 4.78 is 0. The van der Waals surface area contributed by atoms with Crippen LogP contribution in [-0.2, 0) is 9.59 Å². The van der Waals surface area contributed by atoms with Gasteiger partial charge in [-0.15, -0.1) is 0 Å². The average molecular weight is 427 g/mol. The highest BCUT2D eigenvalue weighted by Gasteiger charge is 2.32. The molecule has 5 N–H and O–H groups in total. The molecular formula is C24H46N2O4. The third-order valence-electron chi connectivity index (χ3n) is 5.50. The van der Waals surface area contributed by atoms with Crippen LogP contribution in [0.3, 0.4) is 0 Å². The van der Waals surface area contributed by atoms with Crippen LogP contribution in [0.15, 0.2) is 12.2 Å². The van der Waals surface area contributed by atoms with Crippen LogP contribution in [0, 0.1) is 0 Å². The number of Topliss-reactive ketones (excluding diaryl/α,β-unsaturated/α-hetero) is 1. The topological polar surface area (TPSA) is 113 Å². The number of rotatable bonds is 22. The highest BCUT2D eigenvalue weighted by atomic mass is 16.4. The fraction of sp³-hybridized carbons (Fsp3) is 0.833. The maximum absolute atomic E-state index is 12.4. The van der Waals surface area contributed by atoms with Crippen molar-refractivity contribution >= 4 is 11.8 Å². The van der Waals surface area contributed by atoms with Crippen molar-refractivity contribution < 1.29 is 19.8 Å². The second-order valence-electron chi connectivity index (χ2n) is 8.38. The van der Waals surface area contributed by atoms with E-state index in [1.165, 1.54) is 57.8 Å². The van der Waals surface area contributed by atoms with E-state index in [-0.39, 0.29) is 31.9 Å². The fourth-order valence-corrected chi connectivity index (χ4v) is 3.52. The normalized spacial score (nSPS) is 13.6. The summed E-state index contributed by atoms with van der Waals surface area (Å²) in [7, 11) is 0. The molecule has 0 heterocycles. The van der Waals surface area contributed by atoms with Crippen molar-refractivity contribution in [1.29, 1.82) is 0 Å². The van der Waals surface area contributed by atoms with E-state index in [0.717, 1.165) is 25.7 Å². The number of carboxylic acids is 1. The highest BCUT2D eigenvalue weighted by molar-refractivity contribution is 5.88. The molecule has 0 radical (unpaired) electrons. The summed E-state index contributed by atoms with van der Waals surface area (Å²) in [5.74, 6) is -1.10. The molecule has 1 atom stereocenters. The molecule has 176 valence electrons. The molecule has 0 aromatic heterocycles. The maximum Gasteiger partial charge on any atom is 0.317 e. The number of carboxylic acid groups (broad SMARTS) is 1. The van der Waals surface area contributed by atoms with Crippen molar-refractivity contribution in [2.75, 3.05) is 19.7 Å². The Kier molecular flexibility index (Phi) is 18.9. The number of aliphatic hydroxyl groups is 1. The van der Waals surface area contributed by atoms with E-state index in [1.807, 2.05) is 0 Å². The first-order valence-electron chi connectivity index (χ1n) is 12.0. The molecular weight excluding hydrogens is 380 g/mol. The first-order chi connectivity index (χ1) is 14.5. The van der Waals surface area contributed by atoms with E-state index in [0.29, 0.717) is 6.42 Å². The van der Waals surface area contributed by atoms with Crippen molar-refractivity contribution in [3.63, 3.8) is 0 Å². The zero-order chi connectivity index (χ0) is 22.5. The molecule has 0 aromatic rings. The number of carbonyl (C=O) groups is 2. The summed E-state index contributed by atoms with van der Waals surface area (Å²) in [6.45, 7) is 1.88. The number of nitrogens with two attached hydrogens (primary N) is 1. The van der Waals surface area contributed by atoms with Crippen LogP contribution in [0.1, 0.15) is 103 Å². The van der Waals surface area contributed by atoms with E-state index in [1.54, 1.807) is 0 Å². The van der Waals surface area contributed by atoms with Gasteiger partial charge in [0.15, 0.2) is 5.78 Å². The van der Waals surface area contributed by atoms with Gasteiger partial charge in [0, 0.05) is 19.6 Å². The van der Waals surface area contributed by atoms with Gasteiger partial charge >= 0.3 is 5.97 Å². The standard InChI is InChI=1S/C24H46N2O4/c1-2-3-4-5-6-7-8-9-10-11-12-13-14-15-16-17-22(28)24(25,18-19-27)21-26-20-23(29)30/h9-10,26-27H,2-8,11-21,25H2,1H3,(H,29,30). The monoisotopic (exact) mass is 426 g/mol. The van der Waals surface area contributed by atoms with E-state index in [9.17, 15) is 14.7 Å². The molecule has 0 bridgehead atoms. The van der Waals surface area contributed by atoms with Crippen LogP contribution in [0.25, 0.3) is 0 Å². The van der Waals surface area contributed by atoms with Gasteiger partial charge < -0.3 is 21.3 Å². The molecule has 30 heavy (non-hydrogen) atoms. The number of unbranched alkanes of at least 4 members (excludes halogenated alkanes) is 11. The molecule has 6 nitrogen and oxygen atoms in total. The Morgan fingerprint density at radius 3 is 1.97 bits per heavy atom. The van der Waals surface area contributed by atoms with Gasteiger partial charge in [-0.05, 0) is 38.5 Å². The number of hydrogen-bond acceptors (Lipinski definition) is 5. The van der Waals surface area contributed by atoms with E-state index < -0.39 is 11.5 Å².